The van der Waals surface area contributed by atoms with Crippen LogP contribution >= 0.6 is 23.1 Å². The summed E-state index contributed by atoms with van der Waals surface area (Å²) in [5.41, 5.74) is 7.10. The van der Waals surface area contributed by atoms with Crippen LogP contribution in [0.25, 0.3) is 10.2 Å². The van der Waals surface area contributed by atoms with Crippen LogP contribution in [-0.2, 0) is 0 Å². The van der Waals surface area contributed by atoms with Crippen LogP contribution in [0.3, 0.4) is 0 Å². The van der Waals surface area contributed by atoms with Crippen LogP contribution in [0.5, 0.6) is 0 Å². The van der Waals surface area contributed by atoms with Gasteiger partial charge in [0, 0.05) is 18.0 Å². The maximum Gasteiger partial charge on any atom is 0.204 e. The number of nitrogens with zero attached hydrogens (tertiary/aromatic N) is 3. The molecule has 4 rings (SSSR count). The molecule has 0 aliphatic carbocycles. The Morgan fingerprint density at radius 2 is 1.96 bits per heavy atom. The van der Waals surface area contributed by atoms with E-state index in [4.69, 9.17) is 0 Å². The topological polar surface area (TPSA) is 61.7 Å². The van der Waals surface area contributed by atoms with E-state index in [1.807, 2.05) is 25.1 Å². The minimum absolute atomic E-state index is 0.802. The number of fused-ring (bicyclic) bond motifs is 1. The molecule has 7 heteroatoms. The number of thioether (sulfide) groups is 1. The molecule has 0 bridgehead atoms. The monoisotopic (exact) mass is 381 g/mol. The normalized spacial score (nSPS) is 15.0. The van der Waals surface area contributed by atoms with Crippen molar-refractivity contribution in [3.05, 3.63) is 54.1 Å². The molecule has 5 nitrogen and oxygen atoms in total. The third-order valence-corrected chi connectivity index (χ3v) is 5.90. The minimum Gasteiger partial charge on any atom is -0.335 e. The molecule has 0 saturated heterocycles. The van der Waals surface area contributed by atoms with E-state index < -0.39 is 0 Å². The molecule has 0 amide bonds. The van der Waals surface area contributed by atoms with Crippen molar-refractivity contribution in [2.24, 2.45) is 10.1 Å². The Labute approximate surface area is 160 Å². The number of anilines is 2. The lowest BCUT2D eigenvalue weighted by Crippen LogP contribution is -2.13. The van der Waals surface area contributed by atoms with E-state index in [1.54, 1.807) is 23.1 Å². The summed E-state index contributed by atoms with van der Waals surface area (Å²) in [7, 11) is 0. The second-order valence-electron chi connectivity index (χ2n) is 5.89. The van der Waals surface area contributed by atoms with Crippen molar-refractivity contribution in [1.82, 2.24) is 4.98 Å². The highest BCUT2D eigenvalue weighted by molar-refractivity contribution is 8.14. The zero-order valence-electron chi connectivity index (χ0n) is 14.4. The maximum absolute atomic E-state index is 4.53. The van der Waals surface area contributed by atoms with Gasteiger partial charge in [0.05, 0.1) is 15.9 Å². The van der Waals surface area contributed by atoms with E-state index >= 15 is 0 Å². The SMILES string of the molecule is C/C(=N/Nc1nc2ccccc2s1)c1ccc(NC2=NCCCS2)cc1. The van der Waals surface area contributed by atoms with Gasteiger partial charge in [0.2, 0.25) is 5.13 Å². The Morgan fingerprint density at radius 1 is 1.12 bits per heavy atom. The predicted octanol–water partition coefficient (Wildman–Crippen LogP) is 5.04. The van der Waals surface area contributed by atoms with Gasteiger partial charge in [0.15, 0.2) is 5.17 Å². The number of rotatable bonds is 4. The zero-order valence-corrected chi connectivity index (χ0v) is 16.0. The molecule has 3 aromatic rings. The standard InChI is InChI=1S/C19H19N5S2/c1-13(23-24-19-22-16-5-2-3-6-17(16)26-19)14-7-9-15(10-8-14)21-18-20-11-4-12-25-18/h2-3,5-10H,4,11-12H2,1H3,(H,20,21)(H,22,24)/b23-13-. The molecule has 132 valence electrons. The number of benzene rings is 2. The smallest absolute Gasteiger partial charge is 0.204 e. The van der Waals surface area contributed by atoms with Crippen LogP contribution in [0.2, 0.25) is 0 Å². The summed E-state index contributed by atoms with van der Waals surface area (Å²) >= 11 is 3.38. The Bertz CT molecular complexity index is 926. The first-order valence-electron chi connectivity index (χ1n) is 8.48. The molecule has 2 N–H and O–H groups in total. The Morgan fingerprint density at radius 3 is 2.73 bits per heavy atom. The fraction of sp³-hybridized carbons (Fsp3) is 0.211. The van der Waals surface area contributed by atoms with E-state index in [0.29, 0.717) is 0 Å². The van der Waals surface area contributed by atoms with Gasteiger partial charge in [-0.15, -0.1) is 0 Å². The highest BCUT2D eigenvalue weighted by Crippen LogP contribution is 2.25. The predicted molar refractivity (Wildman–Crippen MR) is 115 cm³/mol. The Hall–Kier alpha value is -2.38. The van der Waals surface area contributed by atoms with Crippen molar-refractivity contribution in [3.8, 4) is 0 Å². The van der Waals surface area contributed by atoms with Gasteiger partial charge in [-0.1, -0.05) is 47.4 Å². The fourth-order valence-electron chi connectivity index (χ4n) is 2.57. The lowest BCUT2D eigenvalue weighted by molar-refractivity contribution is 0.938. The van der Waals surface area contributed by atoms with Gasteiger partial charge in [-0.2, -0.15) is 5.10 Å². The quantitative estimate of drug-likeness (QED) is 0.491. The second-order valence-corrected chi connectivity index (χ2v) is 8.00. The largest absolute Gasteiger partial charge is 0.335 e. The van der Waals surface area contributed by atoms with E-state index in [0.717, 1.165) is 56.2 Å². The molecule has 1 aliphatic heterocycles. The van der Waals surface area contributed by atoms with Crippen molar-refractivity contribution in [3.63, 3.8) is 0 Å². The van der Waals surface area contributed by atoms with Gasteiger partial charge in [-0.3, -0.25) is 10.4 Å². The molecule has 2 heterocycles. The lowest BCUT2D eigenvalue weighted by atomic mass is 10.1. The second kappa shape index (κ2) is 7.88. The molecular formula is C19H19N5S2. The molecule has 0 spiro atoms. The van der Waals surface area contributed by atoms with E-state index in [9.17, 15) is 0 Å². The van der Waals surface area contributed by atoms with Crippen LogP contribution in [0.4, 0.5) is 10.8 Å². The average molecular weight is 382 g/mol. The Kier molecular flexibility index (Phi) is 5.17. The van der Waals surface area contributed by atoms with E-state index in [1.165, 1.54) is 0 Å². The Balaban J connectivity index is 1.42. The molecule has 26 heavy (non-hydrogen) atoms. The van der Waals surface area contributed by atoms with Crippen LogP contribution in [0.15, 0.2) is 58.6 Å². The number of aliphatic imine (C=N–C) groups is 1. The van der Waals surface area contributed by atoms with Crippen LogP contribution in [-0.4, -0.2) is 28.2 Å². The minimum atomic E-state index is 0.802. The van der Waals surface area contributed by atoms with Gasteiger partial charge in [-0.05, 0) is 43.2 Å². The lowest BCUT2D eigenvalue weighted by Gasteiger charge is -2.13. The molecular weight excluding hydrogens is 362 g/mol. The zero-order chi connectivity index (χ0) is 17.8. The average Bonchev–Trinajstić information content (AvgIpc) is 3.10. The number of thiazole rings is 1. The highest BCUT2D eigenvalue weighted by atomic mass is 32.2. The van der Waals surface area contributed by atoms with Crippen molar-refractivity contribution < 1.29 is 0 Å². The molecule has 0 saturated carbocycles. The number of hydrogen-bond acceptors (Lipinski definition) is 7. The maximum atomic E-state index is 4.53. The molecule has 0 unspecified atom stereocenters. The van der Waals surface area contributed by atoms with Gasteiger partial charge in [-0.25, -0.2) is 4.98 Å². The van der Waals surface area contributed by atoms with Crippen molar-refractivity contribution >= 4 is 55.0 Å². The number of amidine groups is 1. The van der Waals surface area contributed by atoms with E-state index in [-0.39, 0.29) is 0 Å². The van der Waals surface area contributed by atoms with E-state index in [2.05, 4.69) is 56.2 Å². The third kappa shape index (κ3) is 4.05. The van der Waals surface area contributed by atoms with Gasteiger partial charge in [0.1, 0.15) is 0 Å². The molecule has 2 aromatic carbocycles. The van der Waals surface area contributed by atoms with Crippen molar-refractivity contribution in [2.45, 2.75) is 13.3 Å². The first-order valence-corrected chi connectivity index (χ1v) is 10.3. The summed E-state index contributed by atoms with van der Waals surface area (Å²) in [5, 5.41) is 9.65. The summed E-state index contributed by atoms with van der Waals surface area (Å²) in [6.07, 6.45) is 1.16. The fourth-order valence-corrected chi connectivity index (χ4v) is 4.22. The van der Waals surface area contributed by atoms with Crippen LogP contribution in [0, 0.1) is 0 Å². The number of hydrogen-bond donors (Lipinski definition) is 2. The molecule has 1 aliphatic rings. The first-order chi connectivity index (χ1) is 12.8. The summed E-state index contributed by atoms with van der Waals surface area (Å²) in [5.74, 6) is 1.13. The van der Waals surface area contributed by atoms with Crippen LogP contribution in [0.1, 0.15) is 18.9 Å². The number of nitrogens with one attached hydrogen (secondary N) is 2. The summed E-state index contributed by atoms with van der Waals surface area (Å²) in [4.78, 5) is 9.02. The number of aromatic nitrogens is 1. The van der Waals surface area contributed by atoms with Gasteiger partial charge < -0.3 is 5.32 Å². The number of hydrazone groups is 1. The first kappa shape index (κ1) is 17.1. The van der Waals surface area contributed by atoms with Gasteiger partial charge >= 0.3 is 0 Å². The molecule has 0 fully saturated rings. The summed E-state index contributed by atoms with van der Waals surface area (Å²) in [6.45, 7) is 2.90. The molecule has 0 atom stereocenters. The molecule has 1 aromatic heterocycles. The highest BCUT2D eigenvalue weighted by Gasteiger charge is 2.06. The van der Waals surface area contributed by atoms with Crippen molar-refractivity contribution in [1.29, 1.82) is 0 Å². The summed E-state index contributed by atoms with van der Waals surface area (Å²) < 4.78 is 1.15. The van der Waals surface area contributed by atoms with Gasteiger partial charge in [0.25, 0.3) is 0 Å². The van der Waals surface area contributed by atoms with Crippen LogP contribution < -0.4 is 10.7 Å². The molecule has 0 radical (unpaired) electrons. The third-order valence-electron chi connectivity index (χ3n) is 3.96. The van der Waals surface area contributed by atoms with Crippen molar-refractivity contribution in [2.75, 3.05) is 23.0 Å². The number of para-hydroxylation sites is 1. The summed E-state index contributed by atoms with van der Waals surface area (Å²) in [6, 6.07) is 16.3.